The van der Waals surface area contributed by atoms with Gasteiger partial charge in [-0.05, 0) is 30.9 Å². The van der Waals surface area contributed by atoms with E-state index in [-0.39, 0.29) is 42.7 Å². The summed E-state index contributed by atoms with van der Waals surface area (Å²) in [4.78, 5) is 39.4. The predicted octanol–water partition coefficient (Wildman–Crippen LogP) is 0.666. The molecule has 148 valence electrons. The molecule has 2 bridgehead atoms. The highest BCUT2D eigenvalue weighted by Crippen LogP contribution is 2.37. The van der Waals surface area contributed by atoms with Gasteiger partial charge in [0.15, 0.2) is 11.6 Å². The maximum atomic E-state index is 14.9. The van der Waals surface area contributed by atoms with E-state index in [1.54, 1.807) is 6.07 Å². The average Bonchev–Trinajstić information content (AvgIpc) is 3.02. The Balaban J connectivity index is 1.48. The summed E-state index contributed by atoms with van der Waals surface area (Å²) < 4.78 is 29.8. The molecule has 6 rings (SSSR count). The molecule has 1 aromatic rings. The SMILES string of the molecule is O=C1CCC(N2Cc3cc(N4CC5CCC4CN5)c(F)c(F)c3C2=O)C(=O)N1. The third-order valence-corrected chi connectivity index (χ3v) is 6.33. The quantitative estimate of drug-likeness (QED) is 0.726. The minimum atomic E-state index is -1.15. The minimum Gasteiger partial charge on any atom is -0.363 e. The van der Waals surface area contributed by atoms with Crippen LogP contribution in [0.15, 0.2) is 6.07 Å². The van der Waals surface area contributed by atoms with Crippen LogP contribution < -0.4 is 15.5 Å². The van der Waals surface area contributed by atoms with Crippen LogP contribution in [0.4, 0.5) is 14.5 Å². The molecule has 0 radical (unpaired) electrons. The van der Waals surface area contributed by atoms with Crippen molar-refractivity contribution in [1.29, 1.82) is 0 Å². The van der Waals surface area contributed by atoms with Crippen molar-refractivity contribution in [1.82, 2.24) is 15.5 Å². The maximum absolute atomic E-state index is 14.9. The fraction of sp³-hybridized carbons (Fsp3) is 0.526. The zero-order valence-electron chi connectivity index (χ0n) is 15.1. The summed E-state index contributed by atoms with van der Waals surface area (Å²) in [5.74, 6) is -3.82. The number of hydrogen-bond donors (Lipinski definition) is 2. The number of carbonyl (C=O) groups is 3. The number of halogens is 2. The van der Waals surface area contributed by atoms with Gasteiger partial charge in [0.2, 0.25) is 11.8 Å². The smallest absolute Gasteiger partial charge is 0.258 e. The maximum Gasteiger partial charge on any atom is 0.258 e. The highest BCUT2D eigenvalue weighted by molar-refractivity contribution is 6.05. The lowest BCUT2D eigenvalue weighted by atomic mass is 9.92. The third kappa shape index (κ3) is 2.52. The van der Waals surface area contributed by atoms with Gasteiger partial charge in [0.05, 0.1) is 11.3 Å². The molecule has 3 unspecified atom stereocenters. The van der Waals surface area contributed by atoms with Crippen LogP contribution in [-0.2, 0) is 16.1 Å². The van der Waals surface area contributed by atoms with E-state index in [4.69, 9.17) is 0 Å². The molecular formula is C19H20F2N4O3. The summed E-state index contributed by atoms with van der Waals surface area (Å²) in [5.41, 5.74) is 0.273. The second kappa shape index (κ2) is 6.23. The van der Waals surface area contributed by atoms with Crippen molar-refractivity contribution in [2.75, 3.05) is 18.0 Å². The van der Waals surface area contributed by atoms with Crippen molar-refractivity contribution in [2.24, 2.45) is 0 Å². The van der Waals surface area contributed by atoms with Crippen molar-refractivity contribution in [3.63, 3.8) is 0 Å². The van der Waals surface area contributed by atoms with Gasteiger partial charge in [0.25, 0.3) is 5.91 Å². The summed E-state index contributed by atoms with van der Waals surface area (Å²) in [6, 6.07) is 1.06. The monoisotopic (exact) mass is 390 g/mol. The minimum absolute atomic E-state index is 0.0326. The van der Waals surface area contributed by atoms with Gasteiger partial charge in [-0.3, -0.25) is 19.7 Å². The molecule has 4 saturated heterocycles. The molecule has 9 heteroatoms. The molecule has 5 aliphatic rings. The normalized spacial score (nSPS) is 29.4. The lowest BCUT2D eigenvalue weighted by Crippen LogP contribution is -2.61. The Hall–Kier alpha value is -2.55. The van der Waals surface area contributed by atoms with Crippen LogP contribution in [0.2, 0.25) is 0 Å². The van der Waals surface area contributed by atoms with E-state index in [1.807, 2.05) is 4.90 Å². The number of benzene rings is 1. The molecule has 3 atom stereocenters. The van der Waals surface area contributed by atoms with Crippen LogP contribution in [-0.4, -0.2) is 53.8 Å². The van der Waals surface area contributed by atoms with Crippen LogP contribution in [0.1, 0.15) is 41.6 Å². The number of carbonyl (C=O) groups excluding carboxylic acids is 3. The molecule has 2 N–H and O–H groups in total. The largest absolute Gasteiger partial charge is 0.363 e. The fourth-order valence-corrected chi connectivity index (χ4v) is 4.86. The lowest BCUT2D eigenvalue weighted by Gasteiger charge is -2.47. The van der Waals surface area contributed by atoms with Gasteiger partial charge in [0, 0.05) is 38.1 Å². The highest BCUT2D eigenvalue weighted by atomic mass is 19.2. The van der Waals surface area contributed by atoms with E-state index in [9.17, 15) is 23.2 Å². The number of imide groups is 1. The number of anilines is 1. The molecule has 4 fully saturated rings. The van der Waals surface area contributed by atoms with Gasteiger partial charge in [0.1, 0.15) is 6.04 Å². The first-order valence-corrected chi connectivity index (χ1v) is 9.59. The Morgan fingerprint density at radius 1 is 1.04 bits per heavy atom. The lowest BCUT2D eigenvalue weighted by molar-refractivity contribution is -0.136. The standard InChI is InChI=1S/C19H20F2N4O3/c20-16-13(24-8-10-1-2-11(24)6-22-10)5-9-7-25(19(28)15(9)17(16)21)12-3-4-14(26)23-18(12)27/h5,10-12,22H,1-4,6-8H2,(H,23,26,27). The molecule has 0 saturated carbocycles. The van der Waals surface area contributed by atoms with Crippen molar-refractivity contribution in [2.45, 2.75) is 50.4 Å². The van der Waals surface area contributed by atoms with Gasteiger partial charge < -0.3 is 15.1 Å². The Morgan fingerprint density at radius 2 is 1.86 bits per heavy atom. The number of fused-ring (bicyclic) bond motifs is 4. The summed E-state index contributed by atoms with van der Waals surface area (Å²) in [6.45, 7) is 1.36. The first kappa shape index (κ1) is 17.5. The van der Waals surface area contributed by atoms with Crippen molar-refractivity contribution < 1.29 is 23.2 Å². The Labute approximate surface area is 160 Å². The zero-order chi connectivity index (χ0) is 19.6. The molecule has 28 heavy (non-hydrogen) atoms. The topological polar surface area (TPSA) is 81.8 Å². The van der Waals surface area contributed by atoms with E-state index < -0.39 is 35.4 Å². The number of rotatable bonds is 2. The fourth-order valence-electron chi connectivity index (χ4n) is 4.86. The molecule has 5 heterocycles. The number of piperidine rings is 3. The van der Waals surface area contributed by atoms with Crippen LogP contribution >= 0.6 is 0 Å². The summed E-state index contributed by atoms with van der Waals surface area (Å²) >= 11 is 0. The molecule has 0 aliphatic carbocycles. The van der Waals surface area contributed by atoms with Gasteiger partial charge in [-0.1, -0.05) is 0 Å². The number of nitrogens with zero attached hydrogens (tertiary/aromatic N) is 2. The molecule has 5 aliphatic heterocycles. The second-order valence-electron chi connectivity index (χ2n) is 7.95. The average molecular weight is 390 g/mol. The number of hydrogen-bond acceptors (Lipinski definition) is 5. The van der Waals surface area contributed by atoms with E-state index in [0.29, 0.717) is 12.1 Å². The summed E-state index contributed by atoms with van der Waals surface area (Å²) in [6.07, 6.45) is 2.22. The molecule has 3 amide bonds. The van der Waals surface area contributed by atoms with Crippen LogP contribution in [0.5, 0.6) is 0 Å². The van der Waals surface area contributed by atoms with Crippen LogP contribution in [0.3, 0.4) is 0 Å². The van der Waals surface area contributed by atoms with E-state index in [2.05, 4.69) is 10.6 Å². The van der Waals surface area contributed by atoms with Gasteiger partial charge in [-0.2, -0.15) is 0 Å². The molecule has 1 aromatic carbocycles. The second-order valence-corrected chi connectivity index (χ2v) is 7.95. The van der Waals surface area contributed by atoms with Crippen LogP contribution in [0, 0.1) is 11.6 Å². The van der Waals surface area contributed by atoms with Crippen molar-refractivity contribution in [3.8, 4) is 0 Å². The number of amides is 3. The summed E-state index contributed by atoms with van der Waals surface area (Å²) in [5, 5.41) is 5.58. The molecule has 0 aromatic heterocycles. The first-order chi connectivity index (χ1) is 13.4. The summed E-state index contributed by atoms with van der Waals surface area (Å²) in [7, 11) is 0. The Morgan fingerprint density at radius 3 is 2.50 bits per heavy atom. The predicted molar refractivity (Wildman–Crippen MR) is 94.6 cm³/mol. The van der Waals surface area contributed by atoms with Crippen molar-refractivity contribution in [3.05, 3.63) is 28.8 Å². The van der Waals surface area contributed by atoms with E-state index >= 15 is 0 Å². The zero-order valence-corrected chi connectivity index (χ0v) is 15.1. The van der Waals surface area contributed by atoms with Crippen LogP contribution in [0.25, 0.3) is 0 Å². The number of nitrogens with one attached hydrogen (secondary N) is 2. The van der Waals surface area contributed by atoms with Gasteiger partial charge in [-0.25, -0.2) is 8.78 Å². The third-order valence-electron chi connectivity index (χ3n) is 6.33. The molecule has 7 nitrogen and oxygen atoms in total. The van der Waals surface area contributed by atoms with E-state index in [0.717, 1.165) is 19.4 Å². The van der Waals surface area contributed by atoms with Crippen molar-refractivity contribution >= 4 is 23.4 Å². The molecular weight excluding hydrogens is 370 g/mol. The number of piperazine rings is 1. The van der Waals surface area contributed by atoms with E-state index in [1.165, 1.54) is 4.90 Å². The first-order valence-electron chi connectivity index (χ1n) is 9.59. The Kier molecular flexibility index (Phi) is 3.90. The van der Waals surface area contributed by atoms with Gasteiger partial charge in [-0.15, -0.1) is 0 Å². The van der Waals surface area contributed by atoms with Gasteiger partial charge >= 0.3 is 0 Å². The molecule has 0 spiro atoms. The Bertz CT molecular complexity index is 898. The highest BCUT2D eigenvalue weighted by Gasteiger charge is 2.43.